The Morgan fingerprint density at radius 1 is 1.00 bits per heavy atom. The van der Waals surface area contributed by atoms with Crippen molar-refractivity contribution in [3.05, 3.63) is 57.0 Å². The molecule has 0 unspecified atom stereocenters. The lowest BCUT2D eigenvalue weighted by atomic mass is 10.2. The van der Waals surface area contributed by atoms with Gasteiger partial charge in [0.2, 0.25) is 0 Å². The van der Waals surface area contributed by atoms with Crippen LogP contribution >= 0.6 is 34.8 Å². The zero-order chi connectivity index (χ0) is 13.1. The monoisotopic (exact) mass is 301 g/mol. The Kier molecular flexibility index (Phi) is 4.36. The highest BCUT2D eigenvalue weighted by Crippen LogP contribution is 2.37. The van der Waals surface area contributed by atoms with Crippen molar-refractivity contribution in [2.24, 2.45) is 5.73 Å². The fourth-order valence-corrected chi connectivity index (χ4v) is 2.27. The first-order valence-corrected chi connectivity index (χ1v) is 6.35. The standard InChI is InChI=1S/C13H10Cl3NO/c14-9-2-1-3-10(6-9)18-13-11(15)4-8(7-17)5-12(13)16/h1-6H,7,17H2. The molecule has 0 aliphatic carbocycles. The number of nitrogens with two attached hydrogens (primary N) is 1. The van der Waals surface area contributed by atoms with Gasteiger partial charge in [-0.15, -0.1) is 0 Å². The van der Waals surface area contributed by atoms with Gasteiger partial charge < -0.3 is 10.5 Å². The zero-order valence-corrected chi connectivity index (χ0v) is 11.6. The average molecular weight is 303 g/mol. The quantitative estimate of drug-likeness (QED) is 0.875. The molecule has 0 amide bonds. The summed E-state index contributed by atoms with van der Waals surface area (Å²) in [4.78, 5) is 0. The number of halogens is 3. The molecular weight excluding hydrogens is 293 g/mol. The van der Waals surface area contributed by atoms with Crippen LogP contribution in [0.1, 0.15) is 5.56 Å². The van der Waals surface area contributed by atoms with Crippen LogP contribution in [0, 0.1) is 0 Å². The van der Waals surface area contributed by atoms with Gasteiger partial charge in [-0.3, -0.25) is 0 Å². The van der Waals surface area contributed by atoms with E-state index in [-0.39, 0.29) is 0 Å². The Hall–Kier alpha value is -0.930. The van der Waals surface area contributed by atoms with Crippen LogP contribution in [-0.4, -0.2) is 0 Å². The van der Waals surface area contributed by atoms with E-state index in [1.165, 1.54) is 0 Å². The van der Waals surface area contributed by atoms with E-state index in [9.17, 15) is 0 Å². The molecule has 0 aliphatic heterocycles. The summed E-state index contributed by atoms with van der Waals surface area (Å²) in [6, 6.07) is 10.5. The summed E-state index contributed by atoms with van der Waals surface area (Å²) in [6.45, 7) is 0.372. The van der Waals surface area contributed by atoms with Crippen molar-refractivity contribution < 1.29 is 4.74 Å². The second-order valence-electron chi connectivity index (χ2n) is 3.65. The van der Waals surface area contributed by atoms with E-state index >= 15 is 0 Å². The molecule has 2 aromatic carbocycles. The molecule has 2 nitrogen and oxygen atoms in total. The molecule has 18 heavy (non-hydrogen) atoms. The Morgan fingerprint density at radius 3 is 2.22 bits per heavy atom. The van der Waals surface area contributed by atoms with Crippen LogP contribution in [0.2, 0.25) is 15.1 Å². The predicted octanol–water partition coefficient (Wildman–Crippen LogP) is 4.90. The van der Waals surface area contributed by atoms with Crippen molar-refractivity contribution in [2.45, 2.75) is 6.54 Å². The minimum absolute atomic E-state index is 0.372. The summed E-state index contributed by atoms with van der Waals surface area (Å²) in [7, 11) is 0. The molecule has 0 aromatic heterocycles. The van der Waals surface area contributed by atoms with Gasteiger partial charge >= 0.3 is 0 Å². The number of hydrogen-bond acceptors (Lipinski definition) is 2. The molecule has 2 aromatic rings. The summed E-state index contributed by atoms with van der Waals surface area (Å²) in [5.41, 5.74) is 6.38. The summed E-state index contributed by atoms with van der Waals surface area (Å²) >= 11 is 18.1. The number of ether oxygens (including phenoxy) is 1. The van der Waals surface area contributed by atoms with Gasteiger partial charge in [0, 0.05) is 11.6 Å². The summed E-state index contributed by atoms with van der Waals surface area (Å²) in [5.74, 6) is 0.976. The minimum atomic E-state index is 0.372. The van der Waals surface area contributed by atoms with Crippen molar-refractivity contribution in [3.8, 4) is 11.5 Å². The molecule has 0 atom stereocenters. The maximum atomic E-state index is 6.11. The first-order valence-electron chi connectivity index (χ1n) is 5.21. The number of benzene rings is 2. The molecule has 0 heterocycles. The van der Waals surface area contributed by atoms with Crippen molar-refractivity contribution in [1.29, 1.82) is 0 Å². The van der Waals surface area contributed by atoms with E-state index in [0.717, 1.165) is 5.56 Å². The molecule has 0 saturated carbocycles. The second-order valence-corrected chi connectivity index (χ2v) is 4.90. The minimum Gasteiger partial charge on any atom is -0.454 e. The fraction of sp³-hybridized carbons (Fsp3) is 0.0769. The third-order valence-electron chi connectivity index (χ3n) is 2.31. The molecule has 0 saturated heterocycles. The Morgan fingerprint density at radius 2 is 1.67 bits per heavy atom. The van der Waals surface area contributed by atoms with Crippen molar-refractivity contribution >= 4 is 34.8 Å². The number of hydrogen-bond donors (Lipinski definition) is 1. The largest absolute Gasteiger partial charge is 0.454 e. The fourth-order valence-electron chi connectivity index (χ4n) is 1.48. The lowest BCUT2D eigenvalue weighted by molar-refractivity contribution is 0.483. The van der Waals surface area contributed by atoms with Crippen LogP contribution in [0.15, 0.2) is 36.4 Å². The highest BCUT2D eigenvalue weighted by molar-refractivity contribution is 6.37. The molecular formula is C13H10Cl3NO. The summed E-state index contributed by atoms with van der Waals surface area (Å²) < 4.78 is 5.63. The third-order valence-corrected chi connectivity index (χ3v) is 3.11. The maximum Gasteiger partial charge on any atom is 0.164 e. The average Bonchev–Trinajstić information content (AvgIpc) is 2.33. The van der Waals surface area contributed by atoms with Gasteiger partial charge in [0.1, 0.15) is 5.75 Å². The van der Waals surface area contributed by atoms with Gasteiger partial charge in [-0.25, -0.2) is 0 Å². The topological polar surface area (TPSA) is 35.2 Å². The Labute approximate surface area is 120 Å². The molecule has 0 bridgehead atoms. The lowest BCUT2D eigenvalue weighted by Gasteiger charge is -2.11. The van der Waals surface area contributed by atoms with Crippen LogP contribution in [0.4, 0.5) is 0 Å². The van der Waals surface area contributed by atoms with E-state index in [0.29, 0.717) is 33.1 Å². The smallest absolute Gasteiger partial charge is 0.164 e. The van der Waals surface area contributed by atoms with E-state index < -0.39 is 0 Å². The second kappa shape index (κ2) is 5.81. The van der Waals surface area contributed by atoms with E-state index in [1.807, 2.05) is 0 Å². The SMILES string of the molecule is NCc1cc(Cl)c(Oc2cccc(Cl)c2)c(Cl)c1. The van der Waals surface area contributed by atoms with Gasteiger partial charge in [-0.1, -0.05) is 40.9 Å². The molecule has 2 rings (SSSR count). The summed E-state index contributed by atoms with van der Waals surface area (Å²) in [6.07, 6.45) is 0. The predicted molar refractivity (Wildman–Crippen MR) is 75.9 cm³/mol. The molecule has 5 heteroatoms. The highest BCUT2D eigenvalue weighted by Gasteiger charge is 2.10. The van der Waals surface area contributed by atoms with Crippen LogP contribution < -0.4 is 10.5 Å². The molecule has 0 aliphatic rings. The van der Waals surface area contributed by atoms with Crippen LogP contribution in [0.3, 0.4) is 0 Å². The Bertz CT molecular complexity index is 549. The van der Waals surface area contributed by atoms with Gasteiger partial charge in [-0.2, -0.15) is 0 Å². The summed E-state index contributed by atoms with van der Waals surface area (Å²) in [5, 5.41) is 1.42. The van der Waals surface area contributed by atoms with Crippen molar-refractivity contribution in [1.82, 2.24) is 0 Å². The van der Waals surface area contributed by atoms with E-state index in [2.05, 4.69) is 0 Å². The van der Waals surface area contributed by atoms with Crippen LogP contribution in [-0.2, 0) is 6.54 Å². The van der Waals surface area contributed by atoms with Crippen molar-refractivity contribution in [3.63, 3.8) is 0 Å². The Balaban J connectivity index is 2.35. The molecule has 0 spiro atoms. The van der Waals surface area contributed by atoms with Crippen LogP contribution in [0.25, 0.3) is 0 Å². The lowest BCUT2D eigenvalue weighted by Crippen LogP contribution is -1.97. The maximum absolute atomic E-state index is 6.11. The van der Waals surface area contributed by atoms with E-state index in [4.69, 9.17) is 45.3 Å². The third kappa shape index (κ3) is 3.09. The van der Waals surface area contributed by atoms with Gasteiger partial charge in [0.15, 0.2) is 5.75 Å². The van der Waals surface area contributed by atoms with E-state index in [1.54, 1.807) is 36.4 Å². The highest BCUT2D eigenvalue weighted by atomic mass is 35.5. The van der Waals surface area contributed by atoms with Crippen molar-refractivity contribution in [2.75, 3.05) is 0 Å². The normalized spacial score (nSPS) is 10.4. The van der Waals surface area contributed by atoms with Gasteiger partial charge in [0.05, 0.1) is 10.0 Å². The molecule has 2 N–H and O–H groups in total. The zero-order valence-electron chi connectivity index (χ0n) is 9.29. The molecule has 94 valence electrons. The van der Waals surface area contributed by atoms with Crippen LogP contribution in [0.5, 0.6) is 11.5 Å². The molecule has 0 radical (unpaired) electrons. The first kappa shape index (κ1) is 13.5. The van der Waals surface area contributed by atoms with Gasteiger partial charge in [0.25, 0.3) is 0 Å². The number of rotatable bonds is 3. The molecule has 0 fully saturated rings. The first-order chi connectivity index (χ1) is 8.60. The van der Waals surface area contributed by atoms with Gasteiger partial charge in [-0.05, 0) is 35.9 Å².